The molecule has 0 unspecified atom stereocenters. The Bertz CT molecular complexity index is 1410. The van der Waals surface area contributed by atoms with E-state index in [-0.39, 0.29) is 17.3 Å². The van der Waals surface area contributed by atoms with Crippen LogP contribution < -0.4 is 14.4 Å². The molecule has 0 heterocycles. The van der Waals surface area contributed by atoms with Crippen LogP contribution in [0.15, 0.2) is 77.7 Å². The summed E-state index contributed by atoms with van der Waals surface area (Å²) in [6.45, 7) is 10.2. The van der Waals surface area contributed by atoms with E-state index in [9.17, 15) is 18.0 Å². The number of carbonyl (C=O) groups is 2. The van der Waals surface area contributed by atoms with Gasteiger partial charge in [-0.25, -0.2) is 8.42 Å². The number of nitrogens with one attached hydrogen (secondary N) is 1. The summed E-state index contributed by atoms with van der Waals surface area (Å²) in [6, 6.07) is 20.1. The van der Waals surface area contributed by atoms with Crippen LogP contribution in [0, 0.1) is 13.8 Å². The van der Waals surface area contributed by atoms with E-state index in [4.69, 9.17) is 4.74 Å². The van der Waals surface area contributed by atoms with Crippen molar-refractivity contribution in [3.8, 4) is 5.75 Å². The highest BCUT2D eigenvalue weighted by atomic mass is 32.2. The molecule has 0 aromatic heterocycles. The number of ether oxygens (including phenoxy) is 1. The number of nitrogens with zero attached hydrogens (tertiary/aromatic N) is 2. The Morgan fingerprint density at radius 3 is 2.17 bits per heavy atom. The first-order chi connectivity index (χ1) is 19.6. The Morgan fingerprint density at radius 1 is 0.902 bits per heavy atom. The summed E-state index contributed by atoms with van der Waals surface area (Å²) in [5.74, 6) is -0.177. The van der Waals surface area contributed by atoms with Crippen molar-refractivity contribution in [2.24, 2.45) is 0 Å². The Morgan fingerprint density at radius 2 is 1.59 bits per heavy atom. The topological polar surface area (TPSA) is 96.0 Å². The molecule has 41 heavy (non-hydrogen) atoms. The predicted molar refractivity (Wildman–Crippen MR) is 162 cm³/mol. The molecule has 220 valence electrons. The lowest BCUT2D eigenvalue weighted by molar-refractivity contribution is -0.140. The van der Waals surface area contributed by atoms with Gasteiger partial charge in [-0.2, -0.15) is 0 Å². The fraction of sp³-hybridized carbons (Fsp3) is 0.375. The number of hydrogen-bond acceptors (Lipinski definition) is 5. The molecule has 0 aliphatic carbocycles. The molecule has 0 saturated carbocycles. The van der Waals surface area contributed by atoms with Crippen molar-refractivity contribution >= 4 is 27.5 Å². The van der Waals surface area contributed by atoms with Crippen LogP contribution in [0.5, 0.6) is 5.75 Å². The van der Waals surface area contributed by atoms with Gasteiger partial charge in [-0.1, -0.05) is 61.4 Å². The lowest BCUT2D eigenvalue weighted by Gasteiger charge is -2.33. The first-order valence-corrected chi connectivity index (χ1v) is 15.5. The number of anilines is 1. The lowest BCUT2D eigenvalue weighted by atomic mass is 10.1. The van der Waals surface area contributed by atoms with Crippen molar-refractivity contribution in [1.29, 1.82) is 0 Å². The van der Waals surface area contributed by atoms with E-state index >= 15 is 0 Å². The van der Waals surface area contributed by atoms with Crippen LogP contribution in [-0.2, 0) is 26.2 Å². The highest BCUT2D eigenvalue weighted by molar-refractivity contribution is 7.92. The third-order valence-electron chi connectivity index (χ3n) is 6.69. The zero-order valence-corrected chi connectivity index (χ0v) is 25.4. The number of hydrogen-bond donors (Lipinski definition) is 1. The number of carbonyl (C=O) groups excluding carboxylic acids is 2. The first kappa shape index (κ1) is 31.7. The van der Waals surface area contributed by atoms with Gasteiger partial charge in [-0.15, -0.1) is 0 Å². The molecule has 3 aromatic carbocycles. The van der Waals surface area contributed by atoms with Crippen LogP contribution in [0.1, 0.15) is 50.3 Å². The monoisotopic (exact) mass is 579 g/mol. The second kappa shape index (κ2) is 14.7. The molecular weight excluding hydrogens is 538 g/mol. The summed E-state index contributed by atoms with van der Waals surface area (Å²) in [5, 5.41) is 2.90. The Balaban J connectivity index is 2.04. The largest absolute Gasteiger partial charge is 0.494 e. The van der Waals surface area contributed by atoms with Crippen LogP contribution in [0.25, 0.3) is 0 Å². The van der Waals surface area contributed by atoms with Gasteiger partial charge in [0.15, 0.2) is 0 Å². The molecule has 3 aromatic rings. The predicted octanol–water partition coefficient (Wildman–Crippen LogP) is 5.23. The molecule has 0 fully saturated rings. The minimum atomic E-state index is -4.14. The Kier molecular flexibility index (Phi) is 11.3. The van der Waals surface area contributed by atoms with Crippen LogP contribution in [0.2, 0.25) is 0 Å². The standard InChI is InChI=1S/C32H41N3O5S/c1-6-20-33-32(37)30(7-2)34(22-26-11-9-10-25(5)21-26)31(36)23-35(27-14-12-24(4)13-15-27)41(38,39)29-18-16-28(17-19-29)40-8-3/h9-19,21,30H,6-8,20,22-23H2,1-5H3,(H,33,37)/t30-/m0/s1. The van der Waals surface area contributed by atoms with Crippen LogP contribution in [0.3, 0.4) is 0 Å². The zero-order valence-electron chi connectivity index (χ0n) is 24.6. The molecule has 2 amide bonds. The molecule has 9 heteroatoms. The van der Waals surface area contributed by atoms with Gasteiger partial charge < -0.3 is 15.0 Å². The number of aryl methyl sites for hydroxylation is 2. The fourth-order valence-corrected chi connectivity index (χ4v) is 5.95. The minimum Gasteiger partial charge on any atom is -0.494 e. The van der Waals surface area contributed by atoms with Gasteiger partial charge in [-0.3, -0.25) is 13.9 Å². The Hall–Kier alpha value is -3.85. The van der Waals surface area contributed by atoms with Gasteiger partial charge >= 0.3 is 0 Å². The maximum Gasteiger partial charge on any atom is 0.264 e. The van der Waals surface area contributed by atoms with E-state index < -0.39 is 28.5 Å². The van der Waals surface area contributed by atoms with Crippen LogP contribution in [-0.4, -0.2) is 50.9 Å². The second-order valence-electron chi connectivity index (χ2n) is 9.98. The molecule has 0 aliphatic rings. The molecular formula is C32H41N3O5S. The molecule has 3 rings (SSSR count). The number of amides is 2. The van der Waals surface area contributed by atoms with Crippen molar-refractivity contribution in [1.82, 2.24) is 10.2 Å². The average Bonchev–Trinajstić information content (AvgIpc) is 2.95. The van der Waals surface area contributed by atoms with Crippen molar-refractivity contribution in [3.63, 3.8) is 0 Å². The summed E-state index contributed by atoms with van der Waals surface area (Å²) in [4.78, 5) is 28.8. The van der Waals surface area contributed by atoms with E-state index in [2.05, 4.69) is 5.32 Å². The quantitative estimate of drug-likeness (QED) is 0.282. The van der Waals surface area contributed by atoms with E-state index in [1.165, 1.54) is 17.0 Å². The summed E-state index contributed by atoms with van der Waals surface area (Å²) in [5.41, 5.74) is 3.20. The molecule has 1 atom stereocenters. The van der Waals surface area contributed by atoms with Crippen LogP contribution >= 0.6 is 0 Å². The number of rotatable bonds is 14. The van der Waals surface area contributed by atoms with Gasteiger partial charge in [0.2, 0.25) is 11.8 Å². The van der Waals surface area contributed by atoms with E-state index in [1.807, 2.05) is 58.9 Å². The summed E-state index contributed by atoms with van der Waals surface area (Å²) in [6.07, 6.45) is 1.14. The normalized spacial score (nSPS) is 11.9. The third-order valence-corrected chi connectivity index (χ3v) is 8.48. The second-order valence-corrected chi connectivity index (χ2v) is 11.8. The smallest absolute Gasteiger partial charge is 0.264 e. The van der Waals surface area contributed by atoms with Gasteiger partial charge in [-0.05, 0) is 75.6 Å². The van der Waals surface area contributed by atoms with Gasteiger partial charge in [0.25, 0.3) is 10.0 Å². The first-order valence-electron chi connectivity index (χ1n) is 14.1. The van der Waals surface area contributed by atoms with Gasteiger partial charge in [0.05, 0.1) is 17.2 Å². The molecule has 0 bridgehead atoms. The number of sulfonamides is 1. The summed E-state index contributed by atoms with van der Waals surface area (Å²) < 4.78 is 34.6. The SMILES string of the molecule is CCCNC(=O)[C@H](CC)N(Cc1cccc(C)c1)C(=O)CN(c1ccc(C)cc1)S(=O)(=O)c1ccc(OCC)cc1. The van der Waals surface area contributed by atoms with Crippen molar-refractivity contribution < 1.29 is 22.7 Å². The molecule has 1 N–H and O–H groups in total. The Labute approximate surface area is 244 Å². The van der Waals surface area contributed by atoms with Gasteiger partial charge in [0.1, 0.15) is 18.3 Å². The molecule has 0 saturated heterocycles. The maximum atomic E-state index is 14.1. The summed E-state index contributed by atoms with van der Waals surface area (Å²) >= 11 is 0. The highest BCUT2D eigenvalue weighted by Gasteiger charge is 2.33. The average molecular weight is 580 g/mol. The maximum absolute atomic E-state index is 14.1. The highest BCUT2D eigenvalue weighted by Crippen LogP contribution is 2.26. The molecule has 8 nitrogen and oxygen atoms in total. The van der Waals surface area contributed by atoms with Crippen LogP contribution in [0.4, 0.5) is 5.69 Å². The molecule has 0 aliphatic heterocycles. The van der Waals surface area contributed by atoms with Crippen molar-refractivity contribution in [2.45, 2.75) is 64.9 Å². The van der Waals surface area contributed by atoms with Gasteiger partial charge in [0, 0.05) is 13.1 Å². The molecule has 0 spiro atoms. The fourth-order valence-electron chi connectivity index (χ4n) is 4.53. The van der Waals surface area contributed by atoms with E-state index in [0.717, 1.165) is 27.4 Å². The third kappa shape index (κ3) is 8.33. The lowest BCUT2D eigenvalue weighted by Crippen LogP contribution is -2.52. The summed E-state index contributed by atoms with van der Waals surface area (Å²) in [7, 11) is -4.14. The van der Waals surface area contributed by atoms with E-state index in [1.54, 1.807) is 36.4 Å². The van der Waals surface area contributed by atoms with E-state index in [0.29, 0.717) is 31.0 Å². The molecule has 0 radical (unpaired) electrons. The number of benzene rings is 3. The zero-order chi connectivity index (χ0) is 30.0. The minimum absolute atomic E-state index is 0.0345. The van der Waals surface area contributed by atoms with Crippen molar-refractivity contribution in [2.75, 3.05) is 24.0 Å². The van der Waals surface area contributed by atoms with Crippen molar-refractivity contribution in [3.05, 3.63) is 89.5 Å².